The van der Waals surface area contributed by atoms with Crippen LogP contribution in [0.3, 0.4) is 0 Å². The number of rotatable bonds is 2. The van der Waals surface area contributed by atoms with E-state index in [-0.39, 0.29) is 0 Å². The van der Waals surface area contributed by atoms with E-state index >= 15 is 0 Å². The third-order valence-electron chi connectivity index (χ3n) is 3.83. The third kappa shape index (κ3) is 2.14. The Morgan fingerprint density at radius 1 is 1.24 bits per heavy atom. The number of hydrogen-bond donors (Lipinski definition) is 1. The van der Waals surface area contributed by atoms with Gasteiger partial charge in [-0.3, -0.25) is 0 Å². The van der Waals surface area contributed by atoms with Crippen molar-refractivity contribution in [2.45, 2.75) is 18.9 Å². The SMILES string of the molecule is Nc1ccc(Br)cc1-c1nc2cccc(Cl)c2n1C1CC1. The lowest BCUT2D eigenvalue weighted by molar-refractivity contribution is 0.775. The molecule has 21 heavy (non-hydrogen) atoms. The first-order valence-electron chi connectivity index (χ1n) is 6.87. The van der Waals surface area contributed by atoms with Crippen LogP contribution in [0.25, 0.3) is 22.4 Å². The summed E-state index contributed by atoms with van der Waals surface area (Å²) in [5.74, 6) is 0.902. The second kappa shape index (κ2) is 4.75. The van der Waals surface area contributed by atoms with E-state index in [1.54, 1.807) is 0 Å². The molecule has 3 aromatic rings. The van der Waals surface area contributed by atoms with E-state index in [1.165, 1.54) is 0 Å². The van der Waals surface area contributed by atoms with Gasteiger partial charge in [0.2, 0.25) is 0 Å². The Bertz CT molecular complexity index is 852. The average Bonchev–Trinajstić information content (AvgIpc) is 3.22. The summed E-state index contributed by atoms with van der Waals surface area (Å²) in [6, 6.07) is 12.2. The molecule has 0 spiro atoms. The molecule has 1 aromatic heterocycles. The van der Waals surface area contributed by atoms with Gasteiger partial charge >= 0.3 is 0 Å². The van der Waals surface area contributed by atoms with Crippen LogP contribution in [0.15, 0.2) is 40.9 Å². The molecule has 1 heterocycles. The standard InChI is InChI=1S/C16H13BrClN3/c17-9-4-7-13(19)11(8-9)16-20-14-3-1-2-12(18)15(14)21(16)10-5-6-10/h1-4,7-8,10H,5-6,19H2. The van der Waals surface area contributed by atoms with Crippen molar-refractivity contribution in [2.24, 2.45) is 0 Å². The lowest BCUT2D eigenvalue weighted by Gasteiger charge is -2.10. The second-order valence-corrected chi connectivity index (χ2v) is 6.70. The minimum atomic E-state index is 0.475. The summed E-state index contributed by atoms with van der Waals surface area (Å²) >= 11 is 9.92. The Kier molecular flexibility index (Phi) is 2.98. The van der Waals surface area contributed by atoms with E-state index in [2.05, 4.69) is 20.5 Å². The number of para-hydroxylation sites is 1. The van der Waals surface area contributed by atoms with Gasteiger partial charge < -0.3 is 10.3 Å². The number of nitrogens with two attached hydrogens (primary N) is 1. The first-order valence-corrected chi connectivity index (χ1v) is 8.04. The average molecular weight is 363 g/mol. The fourth-order valence-corrected chi connectivity index (χ4v) is 3.33. The number of imidazole rings is 1. The van der Waals surface area contributed by atoms with Crippen molar-refractivity contribution in [2.75, 3.05) is 5.73 Å². The first-order chi connectivity index (χ1) is 10.1. The summed E-state index contributed by atoms with van der Waals surface area (Å²) < 4.78 is 3.24. The van der Waals surface area contributed by atoms with E-state index in [0.29, 0.717) is 6.04 Å². The minimum Gasteiger partial charge on any atom is -0.398 e. The van der Waals surface area contributed by atoms with Gasteiger partial charge in [0.1, 0.15) is 5.82 Å². The maximum atomic E-state index is 6.40. The van der Waals surface area contributed by atoms with Gasteiger partial charge in [0.25, 0.3) is 0 Å². The number of nitrogen functional groups attached to an aromatic ring is 1. The number of hydrogen-bond acceptors (Lipinski definition) is 2. The zero-order valence-corrected chi connectivity index (χ0v) is 13.5. The Hall–Kier alpha value is -1.52. The van der Waals surface area contributed by atoms with Crippen molar-refractivity contribution in [3.8, 4) is 11.4 Å². The molecular weight excluding hydrogens is 350 g/mol. The predicted octanol–water partition coefficient (Wildman–Crippen LogP) is 5.04. The largest absolute Gasteiger partial charge is 0.398 e. The van der Waals surface area contributed by atoms with Crippen molar-refractivity contribution in [1.29, 1.82) is 0 Å². The van der Waals surface area contributed by atoms with Gasteiger partial charge in [-0.05, 0) is 43.2 Å². The van der Waals surface area contributed by atoms with Gasteiger partial charge in [0.05, 0.1) is 16.1 Å². The van der Waals surface area contributed by atoms with E-state index in [0.717, 1.165) is 50.4 Å². The van der Waals surface area contributed by atoms with Crippen LogP contribution in [0.4, 0.5) is 5.69 Å². The number of fused-ring (bicyclic) bond motifs is 1. The molecule has 3 nitrogen and oxygen atoms in total. The molecule has 4 rings (SSSR count). The number of halogens is 2. The monoisotopic (exact) mass is 361 g/mol. The molecule has 0 amide bonds. The van der Waals surface area contributed by atoms with Crippen molar-refractivity contribution >= 4 is 44.3 Å². The van der Waals surface area contributed by atoms with Crippen molar-refractivity contribution in [3.63, 3.8) is 0 Å². The quantitative estimate of drug-likeness (QED) is 0.649. The van der Waals surface area contributed by atoms with E-state index in [1.807, 2.05) is 36.4 Å². The highest BCUT2D eigenvalue weighted by Crippen LogP contribution is 2.44. The van der Waals surface area contributed by atoms with Gasteiger partial charge in [0, 0.05) is 21.8 Å². The zero-order valence-electron chi connectivity index (χ0n) is 11.2. The molecule has 106 valence electrons. The smallest absolute Gasteiger partial charge is 0.143 e. The summed E-state index contributed by atoms with van der Waals surface area (Å²) in [6.07, 6.45) is 2.33. The first kappa shape index (κ1) is 13.2. The summed E-state index contributed by atoms with van der Waals surface area (Å²) in [7, 11) is 0. The van der Waals surface area contributed by atoms with Crippen LogP contribution in [0.5, 0.6) is 0 Å². The molecule has 1 saturated carbocycles. The van der Waals surface area contributed by atoms with Crippen LogP contribution < -0.4 is 5.73 Å². The lowest BCUT2D eigenvalue weighted by atomic mass is 10.1. The molecule has 1 aliphatic rings. The predicted molar refractivity (Wildman–Crippen MR) is 90.6 cm³/mol. The van der Waals surface area contributed by atoms with Gasteiger partial charge in [-0.1, -0.05) is 33.6 Å². The van der Waals surface area contributed by atoms with E-state index < -0.39 is 0 Å². The number of benzene rings is 2. The fourth-order valence-electron chi connectivity index (χ4n) is 2.71. The van der Waals surface area contributed by atoms with Crippen LogP contribution in [0.1, 0.15) is 18.9 Å². The highest BCUT2D eigenvalue weighted by Gasteiger charge is 2.30. The molecule has 5 heteroatoms. The number of nitrogens with zero attached hydrogens (tertiary/aromatic N) is 2. The molecule has 0 saturated heterocycles. The van der Waals surface area contributed by atoms with Gasteiger partial charge in [-0.2, -0.15) is 0 Å². The number of aromatic nitrogens is 2. The molecule has 0 unspecified atom stereocenters. The molecule has 1 fully saturated rings. The molecule has 2 aromatic carbocycles. The Morgan fingerprint density at radius 2 is 2.05 bits per heavy atom. The molecule has 0 atom stereocenters. The summed E-state index contributed by atoms with van der Waals surface area (Å²) in [5.41, 5.74) is 9.77. The molecule has 0 bridgehead atoms. The van der Waals surface area contributed by atoms with E-state index in [4.69, 9.17) is 22.3 Å². The van der Waals surface area contributed by atoms with Crippen LogP contribution in [-0.4, -0.2) is 9.55 Å². The topological polar surface area (TPSA) is 43.8 Å². The molecular formula is C16H13BrClN3. The summed E-state index contributed by atoms with van der Waals surface area (Å²) in [6.45, 7) is 0. The molecule has 1 aliphatic carbocycles. The fraction of sp³-hybridized carbons (Fsp3) is 0.188. The Labute approximate surface area is 135 Å². The van der Waals surface area contributed by atoms with Crippen LogP contribution in [0, 0.1) is 0 Å². The number of anilines is 1. The maximum Gasteiger partial charge on any atom is 0.143 e. The third-order valence-corrected chi connectivity index (χ3v) is 4.63. The molecule has 0 radical (unpaired) electrons. The van der Waals surface area contributed by atoms with Crippen LogP contribution >= 0.6 is 27.5 Å². The van der Waals surface area contributed by atoms with Gasteiger partial charge in [0.15, 0.2) is 0 Å². The second-order valence-electron chi connectivity index (χ2n) is 5.38. The Morgan fingerprint density at radius 3 is 2.81 bits per heavy atom. The zero-order chi connectivity index (χ0) is 14.6. The van der Waals surface area contributed by atoms with E-state index in [9.17, 15) is 0 Å². The van der Waals surface area contributed by atoms with Crippen LogP contribution in [0.2, 0.25) is 5.02 Å². The van der Waals surface area contributed by atoms with Gasteiger partial charge in [-0.15, -0.1) is 0 Å². The van der Waals surface area contributed by atoms with Crippen LogP contribution in [-0.2, 0) is 0 Å². The van der Waals surface area contributed by atoms with Crippen molar-refractivity contribution in [1.82, 2.24) is 9.55 Å². The Balaban J connectivity index is 2.07. The lowest BCUT2D eigenvalue weighted by Crippen LogP contribution is -2.00. The van der Waals surface area contributed by atoms with Crippen molar-refractivity contribution in [3.05, 3.63) is 45.9 Å². The summed E-state index contributed by atoms with van der Waals surface area (Å²) in [5, 5.41) is 0.742. The molecule has 2 N–H and O–H groups in total. The highest BCUT2D eigenvalue weighted by atomic mass is 79.9. The molecule has 0 aliphatic heterocycles. The van der Waals surface area contributed by atoms with Gasteiger partial charge in [-0.25, -0.2) is 4.98 Å². The normalized spacial score (nSPS) is 14.8. The minimum absolute atomic E-state index is 0.475. The maximum absolute atomic E-state index is 6.40. The highest BCUT2D eigenvalue weighted by molar-refractivity contribution is 9.10. The van der Waals surface area contributed by atoms with Crippen molar-refractivity contribution < 1.29 is 0 Å². The summed E-state index contributed by atoms with van der Waals surface area (Å²) in [4.78, 5) is 4.78.